The van der Waals surface area contributed by atoms with Crippen molar-refractivity contribution in [2.75, 3.05) is 6.54 Å². The van der Waals surface area contributed by atoms with Gasteiger partial charge in [0.2, 0.25) is 0 Å². The second-order valence-electron chi connectivity index (χ2n) is 5.78. The Labute approximate surface area is 113 Å². The van der Waals surface area contributed by atoms with E-state index in [4.69, 9.17) is 0 Å². The smallest absolute Gasteiger partial charge is 0.308 e. The van der Waals surface area contributed by atoms with Gasteiger partial charge < -0.3 is 5.11 Å². The van der Waals surface area contributed by atoms with Gasteiger partial charge in [-0.2, -0.15) is 0 Å². The quantitative estimate of drug-likeness (QED) is 0.885. The second-order valence-corrected chi connectivity index (χ2v) is 5.78. The first kappa shape index (κ1) is 12.4. The topological polar surface area (TPSA) is 49.7 Å². The molecule has 0 aromatic heterocycles. The summed E-state index contributed by atoms with van der Waals surface area (Å²) in [7, 11) is 0. The molecule has 0 bridgehead atoms. The van der Waals surface area contributed by atoms with Crippen LogP contribution in [0.3, 0.4) is 0 Å². The number of aliphatic carboxylic acids is 1. The van der Waals surface area contributed by atoms with Gasteiger partial charge in [-0.05, 0) is 30.4 Å². The van der Waals surface area contributed by atoms with Crippen molar-refractivity contribution in [3.05, 3.63) is 35.4 Å². The van der Waals surface area contributed by atoms with Crippen molar-refractivity contribution in [3.8, 4) is 0 Å². The van der Waals surface area contributed by atoms with Gasteiger partial charge in [-0.25, -0.2) is 0 Å². The summed E-state index contributed by atoms with van der Waals surface area (Å²) in [4.78, 5) is 15.9. The van der Waals surface area contributed by atoms with Gasteiger partial charge in [-0.1, -0.05) is 31.2 Å². The van der Waals surface area contributed by atoms with Crippen LogP contribution >= 0.6 is 0 Å². The molecule has 2 aliphatic rings. The Morgan fingerprint density at radius 3 is 2.84 bits per heavy atom. The third-order valence-corrected chi connectivity index (χ3v) is 4.78. The third kappa shape index (κ3) is 1.97. The molecule has 0 saturated carbocycles. The molecule has 1 unspecified atom stereocenters. The zero-order valence-electron chi connectivity index (χ0n) is 11.2. The zero-order valence-corrected chi connectivity index (χ0v) is 11.2. The largest absolute Gasteiger partial charge is 0.481 e. The molecule has 1 N–H and O–H groups in total. The van der Waals surface area contributed by atoms with Crippen LogP contribution in [0.25, 0.3) is 0 Å². The Morgan fingerprint density at radius 2 is 2.16 bits per heavy atom. The second kappa shape index (κ2) is 4.48. The van der Waals surface area contributed by atoms with Crippen LogP contribution in [0.2, 0.25) is 0 Å². The summed E-state index contributed by atoms with van der Waals surface area (Å²) in [6.45, 7) is 2.61. The lowest BCUT2D eigenvalue weighted by atomic mass is 9.63. The Bertz CT molecular complexity index is 549. The Kier molecular flexibility index (Phi) is 2.92. The van der Waals surface area contributed by atoms with Crippen LogP contribution in [0.1, 0.15) is 30.9 Å². The van der Waals surface area contributed by atoms with Crippen LogP contribution in [0, 0.1) is 11.3 Å². The van der Waals surface area contributed by atoms with E-state index in [-0.39, 0.29) is 11.3 Å². The summed E-state index contributed by atoms with van der Waals surface area (Å²) in [5.41, 5.74) is 3.94. The van der Waals surface area contributed by atoms with Crippen molar-refractivity contribution in [1.29, 1.82) is 0 Å². The number of rotatable bonds is 2. The van der Waals surface area contributed by atoms with E-state index >= 15 is 0 Å². The minimum atomic E-state index is -0.700. The van der Waals surface area contributed by atoms with Crippen molar-refractivity contribution >= 4 is 11.7 Å². The highest BCUT2D eigenvalue weighted by atomic mass is 16.4. The van der Waals surface area contributed by atoms with Gasteiger partial charge in [-0.15, -0.1) is 0 Å². The number of hydrogen-bond acceptors (Lipinski definition) is 2. The van der Waals surface area contributed by atoms with E-state index in [1.54, 1.807) is 0 Å². The maximum absolute atomic E-state index is 11.3. The highest BCUT2D eigenvalue weighted by Crippen LogP contribution is 2.43. The molecule has 3 rings (SSSR count). The van der Waals surface area contributed by atoms with Gasteiger partial charge in [-0.3, -0.25) is 9.79 Å². The van der Waals surface area contributed by atoms with Gasteiger partial charge in [0.25, 0.3) is 0 Å². The molecule has 1 aromatic rings. The summed E-state index contributed by atoms with van der Waals surface area (Å²) in [5.74, 6) is -1.01. The number of carboxylic acids is 1. The van der Waals surface area contributed by atoms with E-state index in [2.05, 4.69) is 36.2 Å². The molecular weight excluding hydrogens is 238 g/mol. The van der Waals surface area contributed by atoms with Crippen molar-refractivity contribution in [1.82, 2.24) is 0 Å². The molecular formula is C16H19NO2. The summed E-state index contributed by atoms with van der Waals surface area (Å²) in [5, 5.41) is 9.26. The van der Waals surface area contributed by atoms with Crippen LogP contribution in [-0.2, 0) is 17.6 Å². The van der Waals surface area contributed by atoms with E-state index in [1.807, 2.05) is 0 Å². The molecule has 1 aliphatic carbocycles. The molecule has 2 atom stereocenters. The van der Waals surface area contributed by atoms with Crippen LogP contribution < -0.4 is 0 Å². The lowest BCUT2D eigenvalue weighted by Gasteiger charge is -2.43. The predicted octanol–water partition coefficient (Wildman–Crippen LogP) is 2.73. The highest BCUT2D eigenvalue weighted by molar-refractivity contribution is 5.95. The van der Waals surface area contributed by atoms with Crippen LogP contribution in [0.15, 0.2) is 29.3 Å². The van der Waals surface area contributed by atoms with Gasteiger partial charge in [0.15, 0.2) is 0 Å². The standard InChI is InChI=1S/C16H19NO2/c1-2-16-8-12-6-4-3-5-11(12)7-14(16)17-10-13(9-16)15(18)19/h3-6,13H,2,7-10H2,1H3,(H,18,19)/t13-,16?/m1/s1. The lowest BCUT2D eigenvalue weighted by Crippen LogP contribution is -2.45. The average molecular weight is 257 g/mol. The number of aliphatic imine (C=N–C) groups is 1. The normalized spacial score (nSPS) is 29.1. The number of benzene rings is 1. The molecule has 1 heterocycles. The number of nitrogens with zero attached hydrogens (tertiary/aromatic N) is 1. The minimum absolute atomic E-state index is 0.0182. The number of fused-ring (bicyclic) bond motifs is 2. The third-order valence-electron chi connectivity index (χ3n) is 4.78. The molecule has 0 amide bonds. The molecule has 0 radical (unpaired) electrons. The fraction of sp³-hybridized carbons (Fsp3) is 0.500. The Hall–Kier alpha value is -1.64. The van der Waals surface area contributed by atoms with Gasteiger partial charge in [0.05, 0.1) is 12.5 Å². The van der Waals surface area contributed by atoms with Gasteiger partial charge in [0.1, 0.15) is 0 Å². The van der Waals surface area contributed by atoms with E-state index in [0.717, 1.165) is 25.7 Å². The van der Waals surface area contributed by atoms with E-state index < -0.39 is 5.97 Å². The average Bonchev–Trinajstić information content (AvgIpc) is 2.44. The summed E-state index contributed by atoms with van der Waals surface area (Å²) in [6.07, 6.45) is 3.56. The first-order chi connectivity index (χ1) is 9.14. The highest BCUT2D eigenvalue weighted by Gasteiger charge is 2.43. The maximum atomic E-state index is 11.3. The van der Waals surface area contributed by atoms with E-state index in [0.29, 0.717) is 6.54 Å². The molecule has 0 fully saturated rings. The fourth-order valence-corrected chi connectivity index (χ4v) is 3.55. The summed E-state index contributed by atoms with van der Waals surface area (Å²) < 4.78 is 0. The van der Waals surface area contributed by atoms with Crippen molar-refractivity contribution < 1.29 is 9.90 Å². The molecule has 100 valence electrons. The van der Waals surface area contributed by atoms with Gasteiger partial charge in [0, 0.05) is 17.5 Å². The van der Waals surface area contributed by atoms with E-state index in [1.165, 1.54) is 16.8 Å². The SMILES string of the molecule is CCC12Cc3ccccc3CC1=NC[C@H](C(=O)O)C2. The van der Waals surface area contributed by atoms with Crippen molar-refractivity contribution in [2.24, 2.45) is 16.3 Å². The monoisotopic (exact) mass is 257 g/mol. The molecule has 3 nitrogen and oxygen atoms in total. The predicted molar refractivity (Wildman–Crippen MR) is 74.6 cm³/mol. The molecule has 1 aliphatic heterocycles. The zero-order chi connectivity index (χ0) is 13.5. The Balaban J connectivity index is 2.00. The first-order valence-electron chi connectivity index (χ1n) is 6.98. The molecule has 0 saturated heterocycles. The number of hydrogen-bond donors (Lipinski definition) is 1. The maximum Gasteiger partial charge on any atom is 0.308 e. The fourth-order valence-electron chi connectivity index (χ4n) is 3.55. The van der Waals surface area contributed by atoms with Crippen LogP contribution in [0.4, 0.5) is 0 Å². The number of carboxylic acid groups (broad SMARTS) is 1. The molecule has 0 spiro atoms. The lowest BCUT2D eigenvalue weighted by molar-refractivity contribution is -0.142. The molecule has 3 heteroatoms. The Morgan fingerprint density at radius 1 is 1.42 bits per heavy atom. The molecule has 19 heavy (non-hydrogen) atoms. The first-order valence-corrected chi connectivity index (χ1v) is 6.98. The van der Waals surface area contributed by atoms with Crippen LogP contribution in [-0.4, -0.2) is 23.3 Å². The van der Waals surface area contributed by atoms with Crippen molar-refractivity contribution in [2.45, 2.75) is 32.6 Å². The molecule has 1 aromatic carbocycles. The number of carbonyl (C=O) groups is 1. The van der Waals surface area contributed by atoms with E-state index in [9.17, 15) is 9.90 Å². The van der Waals surface area contributed by atoms with Crippen LogP contribution in [0.5, 0.6) is 0 Å². The van der Waals surface area contributed by atoms with Gasteiger partial charge >= 0.3 is 5.97 Å². The minimum Gasteiger partial charge on any atom is -0.481 e. The summed E-state index contributed by atoms with van der Waals surface area (Å²) >= 11 is 0. The van der Waals surface area contributed by atoms with Crippen molar-refractivity contribution in [3.63, 3.8) is 0 Å². The summed E-state index contributed by atoms with van der Waals surface area (Å²) in [6, 6.07) is 8.48.